The lowest BCUT2D eigenvalue weighted by molar-refractivity contribution is -0.385. The summed E-state index contributed by atoms with van der Waals surface area (Å²) in [6, 6.07) is 6.43. The summed E-state index contributed by atoms with van der Waals surface area (Å²) in [5, 5.41) is 14.4. The smallest absolute Gasteiger partial charge is 0.287 e. The standard InChI is InChI=1S/C12H13N5O3/c1-16(2)12-6-4-10(20-12)8-14-15-11-5-3-9(7-13-11)17(18)19/h3-8H,1-2H3,(H,13,15). The average molecular weight is 275 g/mol. The van der Waals surface area contributed by atoms with E-state index in [1.165, 1.54) is 18.3 Å². The zero-order valence-corrected chi connectivity index (χ0v) is 11.0. The molecule has 8 heteroatoms. The second-order valence-electron chi connectivity index (χ2n) is 4.10. The summed E-state index contributed by atoms with van der Waals surface area (Å²) < 4.78 is 5.46. The molecule has 0 saturated heterocycles. The Morgan fingerprint density at radius 3 is 2.75 bits per heavy atom. The number of anilines is 2. The molecule has 0 atom stereocenters. The number of nitrogens with zero attached hydrogens (tertiary/aromatic N) is 4. The van der Waals surface area contributed by atoms with Gasteiger partial charge in [-0.3, -0.25) is 15.5 Å². The third-order valence-corrected chi connectivity index (χ3v) is 2.38. The van der Waals surface area contributed by atoms with E-state index >= 15 is 0 Å². The van der Waals surface area contributed by atoms with E-state index in [1.807, 2.05) is 25.1 Å². The van der Waals surface area contributed by atoms with E-state index in [0.29, 0.717) is 11.6 Å². The van der Waals surface area contributed by atoms with Gasteiger partial charge >= 0.3 is 0 Å². The number of pyridine rings is 1. The minimum Gasteiger partial charge on any atom is -0.440 e. The molecule has 2 aromatic heterocycles. The Balaban J connectivity index is 1.96. The van der Waals surface area contributed by atoms with Gasteiger partial charge in [0, 0.05) is 26.2 Å². The van der Waals surface area contributed by atoms with E-state index in [-0.39, 0.29) is 5.69 Å². The van der Waals surface area contributed by atoms with Crippen LogP contribution in [0.3, 0.4) is 0 Å². The highest BCUT2D eigenvalue weighted by Gasteiger charge is 2.04. The van der Waals surface area contributed by atoms with Crippen molar-refractivity contribution in [1.82, 2.24) is 4.98 Å². The van der Waals surface area contributed by atoms with Gasteiger partial charge in [0.2, 0.25) is 0 Å². The highest BCUT2D eigenvalue weighted by atomic mass is 16.6. The molecule has 0 bridgehead atoms. The van der Waals surface area contributed by atoms with Crippen molar-refractivity contribution in [3.8, 4) is 0 Å². The number of aromatic nitrogens is 1. The molecule has 0 spiro atoms. The Morgan fingerprint density at radius 2 is 2.20 bits per heavy atom. The molecule has 1 N–H and O–H groups in total. The summed E-state index contributed by atoms with van der Waals surface area (Å²) in [6.07, 6.45) is 2.66. The Kier molecular flexibility index (Phi) is 3.94. The lowest BCUT2D eigenvalue weighted by atomic mass is 10.4. The van der Waals surface area contributed by atoms with Crippen LogP contribution in [0.1, 0.15) is 5.76 Å². The van der Waals surface area contributed by atoms with Gasteiger partial charge in [-0.2, -0.15) is 5.10 Å². The van der Waals surface area contributed by atoms with Crippen molar-refractivity contribution in [3.63, 3.8) is 0 Å². The summed E-state index contributed by atoms with van der Waals surface area (Å²) in [7, 11) is 3.75. The molecule has 104 valence electrons. The maximum Gasteiger partial charge on any atom is 0.287 e. The summed E-state index contributed by atoms with van der Waals surface area (Å²) in [5.41, 5.74) is 2.59. The van der Waals surface area contributed by atoms with Crippen LogP contribution < -0.4 is 10.3 Å². The molecule has 2 heterocycles. The molecule has 0 fully saturated rings. The fourth-order valence-electron chi connectivity index (χ4n) is 1.37. The van der Waals surface area contributed by atoms with E-state index in [1.54, 1.807) is 6.07 Å². The van der Waals surface area contributed by atoms with E-state index in [2.05, 4.69) is 15.5 Å². The Morgan fingerprint density at radius 1 is 1.40 bits per heavy atom. The summed E-state index contributed by atoms with van der Waals surface area (Å²) in [6.45, 7) is 0. The lowest BCUT2D eigenvalue weighted by Crippen LogP contribution is -2.06. The number of nitrogens with one attached hydrogen (secondary N) is 1. The van der Waals surface area contributed by atoms with Gasteiger partial charge in [-0.25, -0.2) is 4.98 Å². The summed E-state index contributed by atoms with van der Waals surface area (Å²) in [5.74, 6) is 1.72. The van der Waals surface area contributed by atoms with Crippen LogP contribution in [0.15, 0.2) is 40.0 Å². The maximum atomic E-state index is 10.5. The van der Waals surface area contributed by atoms with E-state index < -0.39 is 4.92 Å². The fourth-order valence-corrected chi connectivity index (χ4v) is 1.37. The monoisotopic (exact) mass is 275 g/mol. The predicted molar refractivity (Wildman–Crippen MR) is 75.1 cm³/mol. The quantitative estimate of drug-likeness (QED) is 0.510. The van der Waals surface area contributed by atoms with Gasteiger partial charge < -0.3 is 9.32 Å². The van der Waals surface area contributed by atoms with Crippen molar-refractivity contribution in [2.24, 2.45) is 5.10 Å². The molecule has 0 aliphatic heterocycles. The Bertz CT molecular complexity index is 618. The van der Waals surface area contributed by atoms with Crippen molar-refractivity contribution in [2.45, 2.75) is 0 Å². The van der Waals surface area contributed by atoms with Crippen molar-refractivity contribution in [1.29, 1.82) is 0 Å². The number of furan rings is 1. The minimum absolute atomic E-state index is 0.0683. The largest absolute Gasteiger partial charge is 0.440 e. The Hall–Kier alpha value is -2.90. The average Bonchev–Trinajstić information content (AvgIpc) is 2.88. The first-order valence-electron chi connectivity index (χ1n) is 5.73. The zero-order valence-electron chi connectivity index (χ0n) is 11.0. The van der Waals surface area contributed by atoms with Gasteiger partial charge in [0.25, 0.3) is 5.69 Å². The first-order valence-corrected chi connectivity index (χ1v) is 5.73. The van der Waals surface area contributed by atoms with Crippen molar-refractivity contribution in [3.05, 3.63) is 46.3 Å². The normalized spacial score (nSPS) is 10.7. The number of hydrogen-bond donors (Lipinski definition) is 1. The van der Waals surface area contributed by atoms with Gasteiger partial charge in [-0.05, 0) is 12.1 Å². The number of rotatable bonds is 5. The molecular formula is C12H13N5O3. The van der Waals surface area contributed by atoms with Crippen LogP contribution in [0.4, 0.5) is 17.4 Å². The molecule has 0 aliphatic rings. The van der Waals surface area contributed by atoms with Gasteiger partial charge in [-0.1, -0.05) is 0 Å². The molecular weight excluding hydrogens is 262 g/mol. The first kappa shape index (κ1) is 13.5. The highest BCUT2D eigenvalue weighted by Crippen LogP contribution is 2.14. The van der Waals surface area contributed by atoms with Crippen molar-refractivity contribution >= 4 is 23.6 Å². The van der Waals surface area contributed by atoms with Crippen LogP contribution in [-0.4, -0.2) is 30.2 Å². The van der Waals surface area contributed by atoms with Crippen LogP contribution in [0.5, 0.6) is 0 Å². The molecule has 0 amide bonds. The number of hydrazone groups is 1. The molecule has 0 aliphatic carbocycles. The molecule has 2 rings (SSSR count). The molecule has 0 aromatic carbocycles. The third-order valence-electron chi connectivity index (χ3n) is 2.38. The van der Waals surface area contributed by atoms with Crippen LogP contribution >= 0.6 is 0 Å². The van der Waals surface area contributed by atoms with Gasteiger partial charge in [-0.15, -0.1) is 0 Å². The van der Waals surface area contributed by atoms with Crippen LogP contribution in [0.25, 0.3) is 0 Å². The van der Waals surface area contributed by atoms with Crippen LogP contribution in [0, 0.1) is 10.1 Å². The lowest BCUT2D eigenvalue weighted by Gasteiger charge is -2.05. The first-order chi connectivity index (χ1) is 9.56. The summed E-state index contributed by atoms with van der Waals surface area (Å²) >= 11 is 0. The zero-order chi connectivity index (χ0) is 14.5. The molecule has 0 saturated carbocycles. The van der Waals surface area contributed by atoms with Crippen LogP contribution in [0.2, 0.25) is 0 Å². The van der Waals surface area contributed by atoms with Gasteiger partial charge in [0.1, 0.15) is 17.8 Å². The summed E-state index contributed by atoms with van der Waals surface area (Å²) in [4.78, 5) is 15.7. The minimum atomic E-state index is -0.508. The molecule has 0 unspecified atom stereocenters. The molecule has 0 radical (unpaired) electrons. The highest BCUT2D eigenvalue weighted by molar-refractivity contribution is 5.77. The van der Waals surface area contributed by atoms with Crippen molar-refractivity contribution < 1.29 is 9.34 Å². The number of nitro groups is 1. The van der Waals surface area contributed by atoms with E-state index in [4.69, 9.17) is 4.42 Å². The van der Waals surface area contributed by atoms with Crippen molar-refractivity contribution in [2.75, 3.05) is 24.4 Å². The Labute approximate surface area is 114 Å². The van der Waals surface area contributed by atoms with Crippen LogP contribution in [-0.2, 0) is 0 Å². The van der Waals surface area contributed by atoms with E-state index in [0.717, 1.165) is 12.1 Å². The molecule has 8 nitrogen and oxygen atoms in total. The second-order valence-corrected chi connectivity index (χ2v) is 4.10. The molecule has 20 heavy (non-hydrogen) atoms. The van der Waals surface area contributed by atoms with Gasteiger partial charge in [0.05, 0.1) is 11.1 Å². The second kappa shape index (κ2) is 5.83. The van der Waals surface area contributed by atoms with E-state index in [9.17, 15) is 10.1 Å². The predicted octanol–water partition coefficient (Wildman–Crippen LogP) is 2.09. The SMILES string of the molecule is CN(C)c1ccc(C=NNc2ccc([N+](=O)[O-])cn2)o1. The third kappa shape index (κ3) is 3.31. The topological polar surface area (TPSA) is 96.8 Å². The fraction of sp³-hybridized carbons (Fsp3) is 0.167. The van der Waals surface area contributed by atoms with Gasteiger partial charge in [0.15, 0.2) is 5.88 Å². The number of hydrogen-bond acceptors (Lipinski definition) is 7. The molecule has 2 aromatic rings. The maximum absolute atomic E-state index is 10.5.